The highest BCUT2D eigenvalue weighted by Gasteiger charge is 2.48. The first kappa shape index (κ1) is 103. The van der Waals surface area contributed by atoms with Gasteiger partial charge in [0.25, 0.3) is 0 Å². The number of alkyl halides is 15. The molecular formula is C56H87F15N10O17P2S4. The van der Waals surface area contributed by atoms with Gasteiger partial charge in [-0.05, 0) is 67.2 Å². The predicted molar refractivity (Wildman–Crippen MR) is 362 cm³/mol. The number of anilines is 1. The highest BCUT2D eigenvalue weighted by molar-refractivity contribution is 8.55. The van der Waals surface area contributed by atoms with Crippen molar-refractivity contribution in [1.29, 1.82) is 0 Å². The molecule has 0 aliphatic carbocycles. The number of hydrogen-bond donors (Lipinski definition) is 11. The van der Waals surface area contributed by atoms with Crippen LogP contribution in [0.5, 0.6) is 5.75 Å². The van der Waals surface area contributed by atoms with Crippen LogP contribution in [-0.2, 0) is 42.8 Å². The Labute approximate surface area is 605 Å². The van der Waals surface area contributed by atoms with E-state index in [9.17, 15) is 114 Å². The highest BCUT2D eigenvalue weighted by Crippen LogP contribution is 2.70. The molecule has 8 atom stereocenters. The van der Waals surface area contributed by atoms with E-state index in [-0.39, 0.29) is 87.2 Å². The number of allylic oxidation sites excluding steroid dienone is 2. The number of carboxylic acids is 3. The fraction of sp³-hybridized carbons (Fsp3) is 0.661. The van der Waals surface area contributed by atoms with Gasteiger partial charge in [-0.1, -0.05) is 136 Å². The van der Waals surface area contributed by atoms with E-state index >= 15 is 0 Å². The number of carboxylic acid groups (broad SMARTS) is 3. The number of nitrogens with two attached hydrogens (primary N) is 2. The van der Waals surface area contributed by atoms with Crippen molar-refractivity contribution in [2.75, 3.05) is 44.8 Å². The van der Waals surface area contributed by atoms with E-state index in [4.69, 9.17) is 36.4 Å². The van der Waals surface area contributed by atoms with Crippen molar-refractivity contribution in [1.82, 2.24) is 34.7 Å². The molecule has 27 nitrogen and oxygen atoms in total. The number of aromatic nitrogens is 5. The van der Waals surface area contributed by atoms with E-state index in [0.717, 1.165) is 26.0 Å². The lowest BCUT2D eigenvalue weighted by Crippen LogP contribution is -2.38. The van der Waals surface area contributed by atoms with Crippen molar-refractivity contribution in [3.63, 3.8) is 0 Å². The largest absolute Gasteiger partial charge is 0.506 e. The number of guanidine groups is 1. The molecule has 0 amide bonds. The number of phosphoric acid groups is 1. The van der Waals surface area contributed by atoms with Crippen LogP contribution in [0.25, 0.3) is 11.2 Å². The average molecular weight is 1650 g/mol. The molecule has 3 aromatic rings. The summed E-state index contributed by atoms with van der Waals surface area (Å²) in [6, 6.07) is 0. The summed E-state index contributed by atoms with van der Waals surface area (Å²) in [6.07, 6.45) is 13.0. The van der Waals surface area contributed by atoms with Gasteiger partial charge >= 0.3 is 60.9 Å². The lowest BCUT2D eigenvalue weighted by Gasteiger charge is -2.19. The second-order valence-electron chi connectivity index (χ2n) is 20.9. The Morgan fingerprint density at radius 3 is 1.80 bits per heavy atom. The Hall–Kier alpha value is -5.38. The number of aliphatic imine (C=N–C) groups is 1. The molecule has 0 radical (unpaired) electrons. The number of halogens is 15. The molecule has 3 aromatic heterocycles. The first-order valence-corrected chi connectivity index (χ1v) is 37.9. The topological polar surface area (TPSA) is 428 Å². The zero-order valence-corrected chi connectivity index (χ0v) is 62.2. The molecule has 5 unspecified atom stereocenters. The van der Waals surface area contributed by atoms with E-state index < -0.39 is 138 Å². The Morgan fingerprint density at radius 1 is 0.817 bits per heavy atom. The number of aliphatic carboxylic acids is 3. The van der Waals surface area contributed by atoms with Gasteiger partial charge < -0.3 is 66.8 Å². The molecule has 0 aromatic carbocycles. The first-order valence-electron chi connectivity index (χ1n) is 30.6. The molecule has 0 saturated carbocycles. The summed E-state index contributed by atoms with van der Waals surface area (Å²) in [4.78, 5) is 75.8. The van der Waals surface area contributed by atoms with E-state index in [2.05, 4.69) is 64.7 Å². The monoisotopic (exact) mass is 1650 g/mol. The normalized spacial score (nSPS) is 17.2. The molecular weight excluding hydrogens is 1560 g/mol. The number of nitrogen functional groups attached to an aromatic ring is 1. The number of aliphatic hydroxyl groups is 2. The number of pyridine rings is 1. The summed E-state index contributed by atoms with van der Waals surface area (Å²) < 4.78 is 215. The van der Waals surface area contributed by atoms with E-state index in [1.807, 2.05) is 34.6 Å². The third-order valence-electron chi connectivity index (χ3n) is 12.5. The zero-order valence-electron chi connectivity index (χ0n) is 57.1. The van der Waals surface area contributed by atoms with Gasteiger partial charge in [0.15, 0.2) is 29.9 Å². The minimum absolute atomic E-state index is 0.0280. The predicted octanol–water partition coefficient (Wildman–Crippen LogP) is 14.3. The van der Waals surface area contributed by atoms with Gasteiger partial charge in [-0.15, -0.1) is 13.2 Å². The van der Waals surface area contributed by atoms with Crippen LogP contribution in [0.2, 0.25) is 0 Å². The van der Waals surface area contributed by atoms with Crippen LogP contribution >= 0.6 is 61.3 Å². The summed E-state index contributed by atoms with van der Waals surface area (Å²) in [5.41, 5.74) is -7.32. The number of hydrogen-bond acceptors (Lipinski definition) is 23. The van der Waals surface area contributed by atoms with Crippen molar-refractivity contribution in [3.8, 4) is 5.75 Å². The number of carbonyl (C=O) groups excluding carboxylic acids is 1. The van der Waals surface area contributed by atoms with Crippen LogP contribution in [0.4, 0.5) is 71.7 Å². The summed E-state index contributed by atoms with van der Waals surface area (Å²) in [7, 11) is -4.39. The highest BCUT2D eigenvalue weighted by atomic mass is 32.7. The summed E-state index contributed by atoms with van der Waals surface area (Å²) in [5, 5.41) is 56.5. The lowest BCUT2D eigenvalue weighted by atomic mass is 9.97. The van der Waals surface area contributed by atoms with Crippen molar-refractivity contribution < 1.29 is 148 Å². The summed E-state index contributed by atoms with van der Waals surface area (Å²) >= 11 is -2.44. The minimum atomic E-state index is -5.65. The second kappa shape index (κ2) is 51.0. The van der Waals surface area contributed by atoms with Gasteiger partial charge in [0.05, 0.1) is 47.0 Å². The van der Waals surface area contributed by atoms with Crippen LogP contribution in [0.15, 0.2) is 47.5 Å². The number of aryl methyl sites for hydroxylation is 1. The Kier molecular flexibility index (Phi) is 50.4. The molecule has 1 aliphatic heterocycles. The van der Waals surface area contributed by atoms with Crippen molar-refractivity contribution >= 4 is 108 Å². The van der Waals surface area contributed by atoms with Gasteiger partial charge in [0, 0.05) is 24.8 Å². The number of nitrogens with one attached hydrogen (secondary N) is 1. The standard InChI is InChI=1S/C21H39F3S.C11H14F3N5O9P2S.C9H8F3NO2S.C5H8F3N3O2.C4H3F3O2S.C4H9NO2.C2H6/c1-4-5-6-7-8-9-10-11-12-13-14-15-16-17-19(2)20(3)18-25-21(22,23)24;12-11(13,14)31-30(24,25)28-29(22,23)26-1-4-6(20)7(21)10(27-4)19-3-18-5-8(15)16-2-17-9(5)19;1-5-8(15)7(3-14)6(2-13-5)4-16-9(10,11)12;1-11(2-3(12)13)4(9)10-5(6,7)8;1-2(3(8)9)10-4(5,6)7;1-2-5-3-4(6)7;1-2/h16-17,19-20H,4-15,18H2,1-3H3;2-4,6-7,10,20-21H,1H2,(H,22,23)(H,24,25)(H2,15,16,17);2-3,15H,4H2,1H3;2H2,1H3,(H2,9,10)(H,12,13);1H2,(H,8,9);5H,2-3H2,1H3,(H,6,7);1-2H3/b17-16+;;;;;;/t;4-,6+,7?,10-;;;;;/m.1...../s1. The number of ether oxygens (including phenoxy) is 1. The third kappa shape index (κ3) is 51.0. The smallest absolute Gasteiger partial charge is 0.505 e. The lowest BCUT2D eigenvalue weighted by molar-refractivity contribution is -0.138. The number of rotatable bonds is 33. The van der Waals surface area contributed by atoms with Crippen molar-refractivity contribution in [2.24, 2.45) is 22.6 Å². The number of carbonyl (C=O) groups is 4. The van der Waals surface area contributed by atoms with E-state index in [1.165, 1.54) is 88.4 Å². The Bertz CT molecular complexity index is 3190. The number of phosphoric ester groups is 1. The molecule has 602 valence electrons. The van der Waals surface area contributed by atoms with Gasteiger partial charge in [-0.2, -0.15) is 62.0 Å². The molecule has 4 rings (SSSR count). The maximum absolute atomic E-state index is 12.2. The number of imidazole rings is 1. The number of thioether (sulfide) groups is 3. The quantitative estimate of drug-likeness (QED) is 0.00310. The van der Waals surface area contributed by atoms with Crippen LogP contribution in [0, 0.1) is 18.8 Å². The van der Waals surface area contributed by atoms with E-state index in [0.29, 0.717) is 17.7 Å². The second-order valence-corrected chi connectivity index (χ2v) is 29.6. The van der Waals surface area contributed by atoms with Gasteiger partial charge in [0.2, 0.25) is 0 Å². The Balaban J connectivity index is -0.00000125. The maximum Gasteiger partial charge on any atom is 0.506 e. The molecule has 1 fully saturated rings. The zero-order chi connectivity index (χ0) is 81.2. The number of aromatic hydroxyl groups is 1. The van der Waals surface area contributed by atoms with Gasteiger partial charge in [-0.3, -0.25) is 28.5 Å². The number of unbranched alkanes of at least 4 members (excludes halogenated alkanes) is 11. The minimum Gasteiger partial charge on any atom is -0.505 e. The van der Waals surface area contributed by atoms with Crippen LogP contribution in [0.3, 0.4) is 0 Å². The number of likely N-dealkylation sites (N-methyl/N-ethyl adjacent to an activating group) is 2. The molecule has 1 saturated heterocycles. The average Bonchev–Trinajstić information content (AvgIpc) is 1.61. The molecule has 0 bridgehead atoms. The third-order valence-corrected chi connectivity index (χ3v) is 19.5. The molecule has 104 heavy (non-hydrogen) atoms. The first-order chi connectivity index (χ1) is 47.7. The summed E-state index contributed by atoms with van der Waals surface area (Å²) in [5.74, 6) is -4.99. The SMILES string of the molecule is C=C(SC(F)(F)F)C(=O)O.CC.CCCCCCCCCCCCC/C=C/C(C)C(C)CSC(F)(F)F.CCNCC(=O)O.CN(CC(=O)O)C(N)=NC(F)(F)F.Cc1ncc(CSC(F)(F)F)c(C=O)c1O.Nc1ncnc2c1ncn2[C@@H]1O[C@H](COP(=O)(O)OP(=O)(O)SC(F)(F)F)[C@H](O)C1O. The molecule has 48 heteroatoms. The van der Waals surface area contributed by atoms with Crippen LogP contribution in [0.1, 0.15) is 146 Å². The number of fused-ring (bicyclic) bond motifs is 1. The number of nitrogens with zero attached hydrogens (tertiary/aromatic N) is 7. The Morgan fingerprint density at radius 2 is 1.36 bits per heavy atom. The number of aldehydes is 1. The van der Waals surface area contributed by atoms with E-state index in [1.54, 1.807) is 0 Å². The van der Waals surface area contributed by atoms with Gasteiger partial charge in [0.1, 0.15) is 42.5 Å². The van der Waals surface area contributed by atoms with Crippen LogP contribution < -0.4 is 16.8 Å². The molecule has 13 N–H and O–H groups in total. The van der Waals surface area contributed by atoms with Crippen LogP contribution in [-0.4, -0.2) is 186 Å². The maximum atomic E-state index is 12.2. The van der Waals surface area contributed by atoms with Crippen molar-refractivity contribution in [2.45, 2.75) is 184 Å². The fourth-order valence-corrected chi connectivity index (χ4v) is 12.9. The number of aliphatic hydroxyl groups excluding tert-OH is 2. The molecule has 1 aliphatic rings. The molecule has 4 heterocycles. The van der Waals surface area contributed by atoms with Gasteiger partial charge in [-0.25, -0.2) is 28.9 Å². The van der Waals surface area contributed by atoms with Crippen molar-refractivity contribution in [3.05, 3.63) is 59.3 Å². The summed E-state index contributed by atoms with van der Waals surface area (Å²) in [6.45, 7) is 9.68. The fourth-order valence-electron chi connectivity index (χ4n) is 7.40. The molecule has 0 spiro atoms.